The van der Waals surface area contributed by atoms with E-state index in [9.17, 15) is 0 Å². The lowest BCUT2D eigenvalue weighted by Crippen LogP contribution is -2.45. The highest BCUT2D eigenvalue weighted by Crippen LogP contribution is 2.37. The number of likely N-dealkylation sites (tertiary alicyclic amines) is 1. The maximum Gasteiger partial charge on any atom is 0.0434 e. The predicted molar refractivity (Wildman–Crippen MR) is 73.2 cm³/mol. The molecule has 0 radical (unpaired) electrons. The Morgan fingerprint density at radius 2 is 2.06 bits per heavy atom. The highest BCUT2D eigenvalue weighted by Gasteiger charge is 2.34. The summed E-state index contributed by atoms with van der Waals surface area (Å²) in [4.78, 5) is 4.83. The Bertz CT molecular complexity index is 216. The third kappa shape index (κ3) is 4.94. The van der Waals surface area contributed by atoms with E-state index in [1.807, 2.05) is 0 Å². The molecule has 1 aliphatic rings. The summed E-state index contributed by atoms with van der Waals surface area (Å²) in [5.41, 5.74) is 0.404. The van der Waals surface area contributed by atoms with E-state index in [0.29, 0.717) is 17.9 Å². The van der Waals surface area contributed by atoms with Gasteiger partial charge in [0.2, 0.25) is 0 Å². The molecule has 1 N–H and O–H groups in total. The van der Waals surface area contributed by atoms with Gasteiger partial charge in [-0.3, -0.25) is 0 Å². The van der Waals surface area contributed by atoms with Crippen LogP contribution in [0.5, 0.6) is 0 Å². The van der Waals surface area contributed by atoms with Gasteiger partial charge in [0.25, 0.3) is 0 Å². The third-order valence-electron chi connectivity index (χ3n) is 4.21. The minimum atomic E-state index is 0.333. The smallest absolute Gasteiger partial charge is 0.0434 e. The van der Waals surface area contributed by atoms with E-state index in [1.54, 1.807) is 0 Å². The fraction of sp³-hybridized carbons (Fsp3) is 1.00. The van der Waals surface area contributed by atoms with E-state index in [2.05, 4.69) is 37.7 Å². The number of aliphatic hydroxyl groups is 1. The molecule has 3 heteroatoms. The minimum Gasteiger partial charge on any atom is -0.396 e. The summed E-state index contributed by atoms with van der Waals surface area (Å²) in [6.07, 6.45) is 3.47. The molecule has 1 heterocycles. The van der Waals surface area contributed by atoms with Crippen molar-refractivity contribution < 1.29 is 5.11 Å². The molecule has 0 aliphatic carbocycles. The van der Waals surface area contributed by atoms with Gasteiger partial charge in [0, 0.05) is 13.2 Å². The molecule has 0 bridgehead atoms. The molecule has 0 aromatic heterocycles. The van der Waals surface area contributed by atoms with Gasteiger partial charge in [0.1, 0.15) is 0 Å². The second-order valence-electron chi connectivity index (χ2n) is 6.41. The van der Waals surface area contributed by atoms with Gasteiger partial charge in [-0.1, -0.05) is 13.8 Å². The van der Waals surface area contributed by atoms with Crippen LogP contribution in [0.4, 0.5) is 0 Å². The Morgan fingerprint density at radius 3 is 2.65 bits per heavy atom. The van der Waals surface area contributed by atoms with Crippen LogP contribution < -0.4 is 0 Å². The van der Waals surface area contributed by atoms with E-state index in [4.69, 9.17) is 5.11 Å². The number of piperidine rings is 1. The van der Waals surface area contributed by atoms with Crippen LogP contribution >= 0.6 is 0 Å². The van der Waals surface area contributed by atoms with Crippen LogP contribution in [0.3, 0.4) is 0 Å². The average Bonchev–Trinajstić information content (AvgIpc) is 2.23. The van der Waals surface area contributed by atoms with Crippen molar-refractivity contribution in [1.29, 1.82) is 0 Å². The van der Waals surface area contributed by atoms with E-state index in [0.717, 1.165) is 6.42 Å². The Balaban J connectivity index is 2.35. The molecule has 1 saturated heterocycles. The zero-order valence-corrected chi connectivity index (χ0v) is 12.1. The molecule has 1 rings (SSSR count). The van der Waals surface area contributed by atoms with Crippen molar-refractivity contribution in [2.24, 2.45) is 11.3 Å². The molecule has 0 spiro atoms. The van der Waals surface area contributed by atoms with Gasteiger partial charge in [-0.15, -0.1) is 0 Å². The van der Waals surface area contributed by atoms with Crippen molar-refractivity contribution in [2.45, 2.75) is 33.1 Å². The van der Waals surface area contributed by atoms with Gasteiger partial charge in [0.05, 0.1) is 0 Å². The first kappa shape index (κ1) is 14.9. The molecule has 0 aromatic rings. The lowest BCUT2D eigenvalue weighted by Gasteiger charge is -2.44. The van der Waals surface area contributed by atoms with Crippen molar-refractivity contribution in [3.8, 4) is 0 Å². The lowest BCUT2D eigenvalue weighted by molar-refractivity contribution is 0.0425. The molecule has 1 unspecified atom stereocenters. The maximum absolute atomic E-state index is 9.16. The van der Waals surface area contributed by atoms with Gasteiger partial charge in [-0.05, 0) is 64.3 Å². The maximum atomic E-state index is 9.16. The minimum absolute atomic E-state index is 0.333. The van der Waals surface area contributed by atoms with E-state index >= 15 is 0 Å². The first-order chi connectivity index (χ1) is 7.95. The van der Waals surface area contributed by atoms with Crippen molar-refractivity contribution in [1.82, 2.24) is 9.80 Å². The number of rotatable bonds is 6. The number of hydrogen-bond donors (Lipinski definition) is 1. The highest BCUT2D eigenvalue weighted by molar-refractivity contribution is 4.86. The van der Waals surface area contributed by atoms with Gasteiger partial charge >= 0.3 is 0 Å². The second-order valence-corrected chi connectivity index (χ2v) is 6.41. The van der Waals surface area contributed by atoms with Gasteiger partial charge in [0.15, 0.2) is 0 Å². The van der Waals surface area contributed by atoms with Crippen LogP contribution in [0.15, 0.2) is 0 Å². The Labute approximate surface area is 107 Å². The Hall–Kier alpha value is -0.120. The summed E-state index contributed by atoms with van der Waals surface area (Å²) in [7, 11) is 4.27. The van der Waals surface area contributed by atoms with Gasteiger partial charge < -0.3 is 14.9 Å². The standard InChI is InChI=1S/C14H30N2O/c1-14(2)7-10-16(9-5-8-15(3)4)12-13(14)6-11-17/h13,17H,5-12H2,1-4H3. The normalized spacial score (nSPS) is 25.4. The van der Waals surface area contributed by atoms with Crippen LogP contribution in [-0.2, 0) is 0 Å². The topological polar surface area (TPSA) is 26.7 Å². The van der Waals surface area contributed by atoms with Gasteiger partial charge in [-0.2, -0.15) is 0 Å². The van der Waals surface area contributed by atoms with Crippen molar-refractivity contribution in [2.75, 3.05) is 46.9 Å². The van der Waals surface area contributed by atoms with Crippen LogP contribution in [0.1, 0.15) is 33.1 Å². The number of nitrogens with zero attached hydrogens (tertiary/aromatic N) is 2. The molecular formula is C14H30N2O. The second kappa shape index (κ2) is 6.72. The third-order valence-corrected chi connectivity index (χ3v) is 4.21. The largest absolute Gasteiger partial charge is 0.396 e. The summed E-state index contributed by atoms with van der Waals surface area (Å²) in [5.74, 6) is 0.653. The van der Waals surface area contributed by atoms with Crippen molar-refractivity contribution in [3.63, 3.8) is 0 Å². The van der Waals surface area contributed by atoms with Crippen molar-refractivity contribution in [3.05, 3.63) is 0 Å². The molecule has 1 fully saturated rings. The summed E-state index contributed by atoms with van der Waals surface area (Å²) in [5, 5.41) is 9.16. The quantitative estimate of drug-likeness (QED) is 0.767. The van der Waals surface area contributed by atoms with E-state index < -0.39 is 0 Å². The lowest BCUT2D eigenvalue weighted by atomic mass is 9.72. The molecule has 1 aliphatic heterocycles. The van der Waals surface area contributed by atoms with Crippen LogP contribution in [0, 0.1) is 11.3 Å². The van der Waals surface area contributed by atoms with Crippen LogP contribution in [0.2, 0.25) is 0 Å². The molecule has 0 aromatic carbocycles. The monoisotopic (exact) mass is 242 g/mol. The average molecular weight is 242 g/mol. The number of aliphatic hydroxyl groups excluding tert-OH is 1. The molecule has 1 atom stereocenters. The summed E-state index contributed by atoms with van der Waals surface area (Å²) in [6.45, 7) is 9.80. The Morgan fingerprint density at radius 1 is 1.35 bits per heavy atom. The van der Waals surface area contributed by atoms with E-state index in [-0.39, 0.29) is 0 Å². The summed E-state index contributed by atoms with van der Waals surface area (Å²) in [6, 6.07) is 0. The fourth-order valence-corrected chi connectivity index (χ4v) is 2.75. The molecule has 17 heavy (non-hydrogen) atoms. The molecule has 0 amide bonds. The van der Waals surface area contributed by atoms with E-state index in [1.165, 1.54) is 39.0 Å². The molecule has 3 nitrogen and oxygen atoms in total. The predicted octanol–water partition coefficient (Wildman–Crippen LogP) is 1.67. The molecular weight excluding hydrogens is 212 g/mol. The highest BCUT2D eigenvalue weighted by atomic mass is 16.3. The van der Waals surface area contributed by atoms with Crippen LogP contribution in [0.25, 0.3) is 0 Å². The van der Waals surface area contributed by atoms with Crippen molar-refractivity contribution >= 4 is 0 Å². The van der Waals surface area contributed by atoms with Gasteiger partial charge in [-0.25, -0.2) is 0 Å². The summed E-state index contributed by atoms with van der Waals surface area (Å²) < 4.78 is 0. The first-order valence-corrected chi connectivity index (χ1v) is 6.93. The molecule has 102 valence electrons. The number of hydrogen-bond acceptors (Lipinski definition) is 3. The zero-order chi connectivity index (χ0) is 12.9. The Kier molecular flexibility index (Phi) is 5.90. The SMILES string of the molecule is CN(C)CCCN1CCC(C)(C)C(CCO)C1. The fourth-order valence-electron chi connectivity index (χ4n) is 2.75. The zero-order valence-electron chi connectivity index (χ0n) is 12.1. The summed E-state index contributed by atoms with van der Waals surface area (Å²) >= 11 is 0. The first-order valence-electron chi connectivity index (χ1n) is 6.93. The van der Waals surface area contributed by atoms with Crippen LogP contribution in [-0.4, -0.2) is 61.8 Å². The molecule has 0 saturated carbocycles.